The van der Waals surface area contributed by atoms with Crippen LogP contribution in [-0.2, 0) is 15.4 Å². The molecule has 1 N–H and O–H groups in total. The van der Waals surface area contributed by atoms with Gasteiger partial charge in [-0.25, -0.2) is 12.7 Å². The molecule has 0 spiro atoms. The molecule has 10 heteroatoms. The number of pyridine rings is 1. The summed E-state index contributed by atoms with van der Waals surface area (Å²) >= 11 is 0. The molecular weight excluding hydrogens is 370 g/mol. The predicted octanol–water partition coefficient (Wildman–Crippen LogP) is 0.495. The molecule has 0 aromatic carbocycles. The molecule has 2 aromatic heterocycles. The van der Waals surface area contributed by atoms with Crippen LogP contribution in [0.2, 0.25) is 0 Å². The highest BCUT2D eigenvalue weighted by Crippen LogP contribution is 2.50. The number of carbonyl (C=O) groups excluding carboxylic acids is 1. The first-order valence-corrected chi connectivity index (χ1v) is 10.6. The standard InChI is InChI=1S/C17H21N5O4S/c1-11-19-16(26-21-11)17-7-14(20-15(23)12-4-3-5-18-8-12)6-13(17)9-22(10-17)27(2,24)25/h3-5,8,13-14H,6-7,9-10H2,1-2H3,(H,20,23)/t13?,14-,17+/m1/s1. The molecule has 1 unspecified atom stereocenters. The molecule has 1 saturated carbocycles. The fourth-order valence-electron chi connectivity index (χ4n) is 4.28. The summed E-state index contributed by atoms with van der Waals surface area (Å²) < 4.78 is 31.1. The van der Waals surface area contributed by atoms with Gasteiger partial charge in [0.15, 0.2) is 5.82 Å². The second-order valence-electron chi connectivity index (χ2n) is 7.41. The second-order valence-corrected chi connectivity index (χ2v) is 9.39. The van der Waals surface area contributed by atoms with Gasteiger partial charge in [-0.2, -0.15) is 4.98 Å². The molecule has 4 rings (SSSR count). The topological polar surface area (TPSA) is 118 Å². The van der Waals surface area contributed by atoms with Crippen molar-refractivity contribution in [2.24, 2.45) is 5.92 Å². The number of aryl methyl sites for hydroxylation is 1. The highest BCUT2D eigenvalue weighted by molar-refractivity contribution is 7.88. The fraction of sp³-hybridized carbons (Fsp3) is 0.529. The van der Waals surface area contributed by atoms with Crippen molar-refractivity contribution in [3.05, 3.63) is 41.8 Å². The van der Waals surface area contributed by atoms with E-state index in [1.165, 1.54) is 16.8 Å². The monoisotopic (exact) mass is 391 g/mol. The molecule has 1 amide bonds. The maximum absolute atomic E-state index is 12.5. The molecule has 2 fully saturated rings. The van der Waals surface area contributed by atoms with Gasteiger partial charge in [-0.1, -0.05) is 5.16 Å². The second kappa shape index (κ2) is 6.38. The SMILES string of the molecule is Cc1noc([C@]23C[C@H](NC(=O)c4cccnc4)CC2CN(S(C)(=O)=O)C3)n1. The Kier molecular flexibility index (Phi) is 4.26. The zero-order valence-corrected chi connectivity index (χ0v) is 15.9. The van der Waals surface area contributed by atoms with Crippen LogP contribution in [0.15, 0.2) is 29.0 Å². The number of carbonyl (C=O) groups is 1. The van der Waals surface area contributed by atoms with Crippen molar-refractivity contribution < 1.29 is 17.7 Å². The van der Waals surface area contributed by atoms with Crippen LogP contribution in [0.5, 0.6) is 0 Å². The highest BCUT2D eigenvalue weighted by Gasteiger charge is 2.58. The normalized spacial score (nSPS) is 28.2. The number of amides is 1. The summed E-state index contributed by atoms with van der Waals surface area (Å²) in [6, 6.07) is 3.32. The van der Waals surface area contributed by atoms with E-state index in [4.69, 9.17) is 4.52 Å². The Bertz CT molecular complexity index is 961. The number of sulfonamides is 1. The van der Waals surface area contributed by atoms with Gasteiger partial charge in [-0.3, -0.25) is 9.78 Å². The summed E-state index contributed by atoms with van der Waals surface area (Å²) in [7, 11) is -3.32. The molecule has 144 valence electrons. The van der Waals surface area contributed by atoms with E-state index in [1.807, 2.05) is 0 Å². The van der Waals surface area contributed by atoms with Crippen LogP contribution in [0.3, 0.4) is 0 Å². The Morgan fingerprint density at radius 2 is 2.26 bits per heavy atom. The first-order valence-electron chi connectivity index (χ1n) is 8.75. The Morgan fingerprint density at radius 1 is 1.44 bits per heavy atom. The Hall–Kier alpha value is -2.33. The molecule has 27 heavy (non-hydrogen) atoms. The van der Waals surface area contributed by atoms with E-state index in [2.05, 4.69) is 20.4 Å². The largest absolute Gasteiger partial charge is 0.349 e. The predicted molar refractivity (Wildman–Crippen MR) is 95.3 cm³/mol. The van der Waals surface area contributed by atoms with E-state index in [1.54, 1.807) is 25.3 Å². The van der Waals surface area contributed by atoms with Gasteiger partial charge in [-0.15, -0.1) is 0 Å². The van der Waals surface area contributed by atoms with Crippen LogP contribution >= 0.6 is 0 Å². The molecular formula is C17H21N5O4S. The van der Waals surface area contributed by atoms with E-state index < -0.39 is 15.4 Å². The number of fused-ring (bicyclic) bond motifs is 1. The van der Waals surface area contributed by atoms with Gasteiger partial charge < -0.3 is 9.84 Å². The number of aromatic nitrogens is 3. The lowest BCUT2D eigenvalue weighted by atomic mass is 9.80. The minimum atomic E-state index is -3.32. The van der Waals surface area contributed by atoms with Crippen molar-refractivity contribution in [2.75, 3.05) is 19.3 Å². The van der Waals surface area contributed by atoms with Gasteiger partial charge in [0.05, 0.1) is 17.2 Å². The van der Waals surface area contributed by atoms with Crippen LogP contribution < -0.4 is 5.32 Å². The molecule has 9 nitrogen and oxygen atoms in total. The third-order valence-corrected chi connectivity index (χ3v) is 6.74. The van der Waals surface area contributed by atoms with Gasteiger partial charge in [0.2, 0.25) is 15.9 Å². The van der Waals surface area contributed by atoms with Crippen LogP contribution in [0.25, 0.3) is 0 Å². The third-order valence-electron chi connectivity index (χ3n) is 5.53. The van der Waals surface area contributed by atoms with Crippen molar-refractivity contribution in [3.63, 3.8) is 0 Å². The molecule has 0 radical (unpaired) electrons. The van der Waals surface area contributed by atoms with Crippen LogP contribution in [0.4, 0.5) is 0 Å². The summed E-state index contributed by atoms with van der Waals surface area (Å²) in [5, 5.41) is 6.93. The summed E-state index contributed by atoms with van der Waals surface area (Å²) in [6.45, 7) is 2.41. The Morgan fingerprint density at radius 3 is 2.89 bits per heavy atom. The molecule has 1 aliphatic carbocycles. The van der Waals surface area contributed by atoms with Gasteiger partial charge in [0.1, 0.15) is 0 Å². The molecule has 3 heterocycles. The van der Waals surface area contributed by atoms with Crippen LogP contribution in [-0.4, -0.2) is 59.1 Å². The summed E-state index contributed by atoms with van der Waals surface area (Å²) in [6.07, 6.45) is 5.55. The van der Waals surface area contributed by atoms with Crippen molar-refractivity contribution in [1.29, 1.82) is 0 Å². The Balaban J connectivity index is 1.59. The van der Waals surface area contributed by atoms with Crippen molar-refractivity contribution in [1.82, 2.24) is 24.7 Å². The minimum Gasteiger partial charge on any atom is -0.349 e. The molecule has 2 aliphatic rings. The average Bonchev–Trinajstić information content (AvgIpc) is 3.27. The summed E-state index contributed by atoms with van der Waals surface area (Å²) in [5.41, 5.74) is -0.0768. The first-order chi connectivity index (χ1) is 12.8. The number of hydrogen-bond donors (Lipinski definition) is 1. The number of hydrogen-bond acceptors (Lipinski definition) is 7. The molecule has 0 bridgehead atoms. The maximum Gasteiger partial charge on any atom is 0.253 e. The maximum atomic E-state index is 12.5. The zero-order chi connectivity index (χ0) is 19.2. The number of nitrogens with zero attached hydrogens (tertiary/aromatic N) is 4. The van der Waals surface area contributed by atoms with Crippen molar-refractivity contribution in [3.8, 4) is 0 Å². The van der Waals surface area contributed by atoms with E-state index in [0.29, 0.717) is 36.7 Å². The molecule has 3 atom stereocenters. The van der Waals surface area contributed by atoms with E-state index in [9.17, 15) is 13.2 Å². The lowest BCUT2D eigenvalue weighted by Crippen LogP contribution is -2.39. The number of rotatable bonds is 4. The van der Waals surface area contributed by atoms with E-state index in [-0.39, 0.29) is 24.4 Å². The lowest BCUT2D eigenvalue weighted by molar-refractivity contribution is 0.0934. The highest BCUT2D eigenvalue weighted by atomic mass is 32.2. The summed E-state index contributed by atoms with van der Waals surface area (Å²) in [5.74, 6) is 0.782. The molecule has 1 aliphatic heterocycles. The van der Waals surface area contributed by atoms with Crippen molar-refractivity contribution in [2.45, 2.75) is 31.2 Å². The first kappa shape index (κ1) is 18.1. The lowest BCUT2D eigenvalue weighted by Gasteiger charge is -2.24. The quantitative estimate of drug-likeness (QED) is 0.806. The van der Waals surface area contributed by atoms with E-state index >= 15 is 0 Å². The third kappa shape index (κ3) is 3.23. The molecule has 1 saturated heterocycles. The van der Waals surface area contributed by atoms with Crippen LogP contribution in [0, 0.1) is 12.8 Å². The zero-order valence-electron chi connectivity index (χ0n) is 15.1. The van der Waals surface area contributed by atoms with Gasteiger partial charge in [0, 0.05) is 31.5 Å². The molecule has 2 aromatic rings. The smallest absolute Gasteiger partial charge is 0.253 e. The number of nitrogens with one attached hydrogen (secondary N) is 1. The van der Waals surface area contributed by atoms with Gasteiger partial charge >= 0.3 is 0 Å². The van der Waals surface area contributed by atoms with Gasteiger partial charge in [-0.05, 0) is 37.8 Å². The van der Waals surface area contributed by atoms with Crippen LogP contribution in [0.1, 0.15) is 34.9 Å². The summed E-state index contributed by atoms with van der Waals surface area (Å²) in [4.78, 5) is 20.8. The van der Waals surface area contributed by atoms with Crippen molar-refractivity contribution >= 4 is 15.9 Å². The van der Waals surface area contributed by atoms with Gasteiger partial charge in [0.25, 0.3) is 5.91 Å². The average molecular weight is 391 g/mol. The Labute approximate surface area is 157 Å². The minimum absolute atomic E-state index is 0.00581. The fourth-order valence-corrected chi connectivity index (χ4v) is 5.20. The van der Waals surface area contributed by atoms with E-state index in [0.717, 1.165) is 0 Å².